The monoisotopic (exact) mass is 409 g/mol. The predicted molar refractivity (Wildman–Crippen MR) is 110 cm³/mol. The smallest absolute Gasteiger partial charge is 0.275 e. The molecule has 0 atom stereocenters. The minimum atomic E-state index is -0.532. The van der Waals surface area contributed by atoms with E-state index in [0.29, 0.717) is 35.1 Å². The first-order chi connectivity index (χ1) is 14.5. The van der Waals surface area contributed by atoms with Gasteiger partial charge in [0.1, 0.15) is 17.0 Å². The summed E-state index contributed by atoms with van der Waals surface area (Å²) in [5.41, 5.74) is 6.51. The largest absolute Gasteiger partial charge is 0.493 e. The van der Waals surface area contributed by atoms with Crippen LogP contribution >= 0.6 is 0 Å². The summed E-state index contributed by atoms with van der Waals surface area (Å²) in [5.74, 6) is 0.297. The molecule has 2 amide bonds. The lowest BCUT2D eigenvalue weighted by Gasteiger charge is -2.12. The van der Waals surface area contributed by atoms with Crippen molar-refractivity contribution in [3.63, 3.8) is 0 Å². The Labute approximate surface area is 174 Å². The molecule has 0 aliphatic carbocycles. The average Bonchev–Trinajstić information content (AvgIpc) is 3.17. The Bertz CT molecular complexity index is 1030. The third-order valence-electron chi connectivity index (χ3n) is 4.31. The molecule has 0 bridgehead atoms. The predicted octanol–water partition coefficient (Wildman–Crippen LogP) is 3.52. The molecule has 3 rings (SSSR count). The highest BCUT2D eigenvalue weighted by molar-refractivity contribution is 6.03. The van der Waals surface area contributed by atoms with Gasteiger partial charge in [-0.15, -0.1) is 0 Å². The zero-order valence-corrected chi connectivity index (χ0v) is 17.0. The number of methoxy groups -OCH3 is 1. The van der Waals surface area contributed by atoms with Gasteiger partial charge in [-0.1, -0.05) is 42.4 Å². The summed E-state index contributed by atoms with van der Waals surface area (Å²) in [6.07, 6.45) is 0.852. The van der Waals surface area contributed by atoms with E-state index < -0.39 is 11.8 Å². The normalized spacial score (nSPS) is 10.4. The van der Waals surface area contributed by atoms with Crippen molar-refractivity contribution in [1.82, 2.24) is 16.0 Å². The van der Waals surface area contributed by atoms with E-state index in [0.717, 1.165) is 12.0 Å². The molecule has 8 nitrogen and oxygen atoms in total. The topological polar surface area (TPSA) is 103 Å². The summed E-state index contributed by atoms with van der Waals surface area (Å²) >= 11 is 0. The third kappa shape index (κ3) is 4.60. The number of amides is 2. The van der Waals surface area contributed by atoms with E-state index in [4.69, 9.17) is 14.0 Å². The second-order valence-electron chi connectivity index (χ2n) is 6.45. The Morgan fingerprint density at radius 3 is 2.47 bits per heavy atom. The maximum absolute atomic E-state index is 12.7. The Balaban J connectivity index is 1.71. The average molecular weight is 409 g/mol. The molecule has 3 aromatic rings. The number of carbonyl (C=O) groups excluding carboxylic acids is 2. The highest BCUT2D eigenvalue weighted by Crippen LogP contribution is 2.28. The summed E-state index contributed by atoms with van der Waals surface area (Å²) in [6, 6.07) is 14.0. The first-order valence-corrected chi connectivity index (χ1v) is 9.48. The van der Waals surface area contributed by atoms with Crippen LogP contribution in [0.2, 0.25) is 0 Å². The Hall–Kier alpha value is -3.81. The standard InChI is InChI=1S/C22H23N3O5/c1-4-12-29-17-11-10-16(13-18(17)28-3)21(26)23-24-22(27)19-14(2)30-25-20(19)15-8-6-5-7-9-15/h5-11,13H,4,12H2,1-3H3,(H,23,26)(H,24,27). The van der Waals surface area contributed by atoms with Crippen LogP contribution in [0.3, 0.4) is 0 Å². The summed E-state index contributed by atoms with van der Waals surface area (Å²) < 4.78 is 16.1. The van der Waals surface area contributed by atoms with E-state index in [1.165, 1.54) is 7.11 Å². The third-order valence-corrected chi connectivity index (χ3v) is 4.31. The van der Waals surface area contributed by atoms with Crippen LogP contribution in [-0.4, -0.2) is 30.7 Å². The first-order valence-electron chi connectivity index (χ1n) is 9.48. The van der Waals surface area contributed by atoms with Crippen LogP contribution in [0.15, 0.2) is 53.1 Å². The van der Waals surface area contributed by atoms with E-state index in [1.54, 1.807) is 25.1 Å². The first kappa shape index (κ1) is 20.9. The Morgan fingerprint density at radius 2 is 1.77 bits per heavy atom. The fourth-order valence-electron chi connectivity index (χ4n) is 2.82. The molecule has 156 valence electrons. The van der Waals surface area contributed by atoms with E-state index in [-0.39, 0.29) is 5.56 Å². The molecule has 0 aliphatic rings. The van der Waals surface area contributed by atoms with Crippen molar-refractivity contribution < 1.29 is 23.6 Å². The molecule has 1 heterocycles. The molecule has 0 saturated carbocycles. The van der Waals surface area contributed by atoms with Crippen LogP contribution in [0.1, 0.15) is 39.8 Å². The number of aromatic nitrogens is 1. The van der Waals surface area contributed by atoms with Crippen molar-refractivity contribution in [2.45, 2.75) is 20.3 Å². The molecule has 0 saturated heterocycles. The molecular formula is C22H23N3O5. The van der Waals surface area contributed by atoms with Crippen LogP contribution in [0, 0.1) is 6.92 Å². The molecule has 0 spiro atoms. The van der Waals surface area contributed by atoms with E-state index >= 15 is 0 Å². The highest BCUT2D eigenvalue weighted by Gasteiger charge is 2.22. The minimum Gasteiger partial charge on any atom is -0.493 e. The van der Waals surface area contributed by atoms with Gasteiger partial charge in [-0.3, -0.25) is 20.4 Å². The van der Waals surface area contributed by atoms with Gasteiger partial charge >= 0.3 is 0 Å². The number of ether oxygens (including phenoxy) is 2. The zero-order valence-electron chi connectivity index (χ0n) is 17.0. The van der Waals surface area contributed by atoms with E-state index in [9.17, 15) is 9.59 Å². The van der Waals surface area contributed by atoms with E-state index in [2.05, 4.69) is 16.0 Å². The molecule has 30 heavy (non-hydrogen) atoms. The lowest BCUT2D eigenvalue weighted by atomic mass is 10.1. The van der Waals surface area contributed by atoms with Gasteiger partial charge in [-0.05, 0) is 31.5 Å². The molecule has 0 fully saturated rings. The number of hydrogen-bond acceptors (Lipinski definition) is 6. The van der Waals surface area contributed by atoms with Crippen LogP contribution in [0.5, 0.6) is 11.5 Å². The summed E-state index contributed by atoms with van der Waals surface area (Å²) in [4.78, 5) is 25.2. The van der Waals surface area contributed by atoms with Gasteiger partial charge in [-0.25, -0.2) is 0 Å². The van der Waals surface area contributed by atoms with Crippen molar-refractivity contribution in [3.05, 3.63) is 65.4 Å². The Morgan fingerprint density at radius 1 is 1.03 bits per heavy atom. The SMILES string of the molecule is CCCOc1ccc(C(=O)NNC(=O)c2c(-c3ccccc3)noc2C)cc1OC. The number of carbonyl (C=O) groups is 2. The number of nitrogens with zero attached hydrogens (tertiary/aromatic N) is 1. The van der Waals surface area contributed by atoms with E-state index in [1.807, 2.05) is 37.3 Å². The summed E-state index contributed by atoms with van der Waals surface area (Å²) in [7, 11) is 1.50. The lowest BCUT2D eigenvalue weighted by Crippen LogP contribution is -2.41. The molecular weight excluding hydrogens is 386 g/mol. The van der Waals surface area contributed by atoms with Crippen LogP contribution in [0.4, 0.5) is 0 Å². The molecule has 2 aromatic carbocycles. The lowest BCUT2D eigenvalue weighted by molar-refractivity contribution is 0.0846. The molecule has 1 aromatic heterocycles. The number of aryl methyl sites for hydroxylation is 1. The van der Waals surface area contributed by atoms with Crippen molar-refractivity contribution >= 4 is 11.8 Å². The Kier molecular flexibility index (Phi) is 6.69. The number of hydrazine groups is 1. The number of hydrogen-bond donors (Lipinski definition) is 2. The quantitative estimate of drug-likeness (QED) is 0.579. The maximum Gasteiger partial charge on any atom is 0.275 e. The molecule has 0 aliphatic heterocycles. The number of nitrogens with one attached hydrogen (secondary N) is 2. The molecule has 2 N–H and O–H groups in total. The second kappa shape index (κ2) is 9.60. The molecule has 0 radical (unpaired) electrons. The van der Waals surface area contributed by atoms with Crippen LogP contribution in [0.25, 0.3) is 11.3 Å². The second-order valence-corrected chi connectivity index (χ2v) is 6.45. The van der Waals surface area contributed by atoms with Crippen LogP contribution < -0.4 is 20.3 Å². The van der Waals surface area contributed by atoms with Crippen molar-refractivity contribution in [3.8, 4) is 22.8 Å². The van der Waals surface area contributed by atoms with Crippen molar-refractivity contribution in [2.75, 3.05) is 13.7 Å². The fraction of sp³-hybridized carbons (Fsp3) is 0.227. The van der Waals surface area contributed by atoms with Gasteiger partial charge in [0.05, 0.1) is 13.7 Å². The summed E-state index contributed by atoms with van der Waals surface area (Å²) in [6.45, 7) is 4.17. The minimum absolute atomic E-state index is 0.252. The number of benzene rings is 2. The van der Waals surface area contributed by atoms with Crippen molar-refractivity contribution in [2.24, 2.45) is 0 Å². The van der Waals surface area contributed by atoms with Gasteiger partial charge in [0.2, 0.25) is 0 Å². The van der Waals surface area contributed by atoms with Crippen LogP contribution in [-0.2, 0) is 0 Å². The van der Waals surface area contributed by atoms with Gasteiger partial charge in [-0.2, -0.15) is 0 Å². The molecule has 8 heteroatoms. The van der Waals surface area contributed by atoms with Crippen molar-refractivity contribution in [1.29, 1.82) is 0 Å². The van der Waals surface area contributed by atoms with Gasteiger partial charge < -0.3 is 14.0 Å². The van der Waals surface area contributed by atoms with Gasteiger partial charge in [0.25, 0.3) is 11.8 Å². The highest BCUT2D eigenvalue weighted by atomic mass is 16.5. The maximum atomic E-state index is 12.7. The molecule has 0 unspecified atom stereocenters. The number of rotatable bonds is 7. The summed E-state index contributed by atoms with van der Waals surface area (Å²) in [5, 5.41) is 3.97. The van der Waals surface area contributed by atoms with Gasteiger partial charge in [0.15, 0.2) is 11.5 Å². The van der Waals surface area contributed by atoms with Gasteiger partial charge in [0, 0.05) is 11.1 Å². The fourth-order valence-corrected chi connectivity index (χ4v) is 2.82. The zero-order chi connectivity index (χ0) is 21.5.